The van der Waals surface area contributed by atoms with E-state index in [2.05, 4.69) is 5.32 Å². The molecule has 0 saturated carbocycles. The fourth-order valence-corrected chi connectivity index (χ4v) is 4.01. The first kappa shape index (κ1) is 20.2. The molecule has 1 fully saturated rings. The second-order valence-electron chi connectivity index (χ2n) is 7.89. The van der Waals surface area contributed by atoms with Gasteiger partial charge in [0.2, 0.25) is 5.91 Å². The van der Waals surface area contributed by atoms with Crippen molar-refractivity contribution in [2.75, 3.05) is 24.5 Å². The normalized spacial score (nSPS) is 19.1. The van der Waals surface area contributed by atoms with E-state index < -0.39 is 0 Å². The SMILES string of the molecule is CC1CN(C(=O)N2CCC(C(=O)NCc3ccc(F)cc3)CC2)c2ccccc2O1. The Labute approximate surface area is 175 Å². The number of likely N-dealkylation sites (tertiary alicyclic amines) is 1. The van der Waals surface area contributed by atoms with Crippen LogP contribution in [0.5, 0.6) is 5.75 Å². The number of hydrogen-bond donors (Lipinski definition) is 1. The maximum absolute atomic E-state index is 13.1. The highest BCUT2D eigenvalue weighted by Gasteiger charge is 2.33. The maximum atomic E-state index is 13.1. The van der Waals surface area contributed by atoms with Gasteiger partial charge >= 0.3 is 6.03 Å². The molecular weight excluding hydrogens is 385 g/mol. The third-order valence-corrected chi connectivity index (χ3v) is 5.67. The van der Waals surface area contributed by atoms with Crippen molar-refractivity contribution in [3.8, 4) is 5.75 Å². The first-order valence-corrected chi connectivity index (χ1v) is 10.4. The van der Waals surface area contributed by atoms with Crippen LogP contribution in [0.4, 0.5) is 14.9 Å². The number of benzene rings is 2. The third kappa shape index (κ3) is 4.40. The largest absolute Gasteiger partial charge is 0.487 e. The number of nitrogens with zero attached hydrogens (tertiary/aromatic N) is 2. The molecule has 158 valence electrons. The van der Waals surface area contributed by atoms with Crippen LogP contribution in [0.25, 0.3) is 0 Å². The van der Waals surface area contributed by atoms with E-state index in [4.69, 9.17) is 4.74 Å². The minimum absolute atomic E-state index is 0.0169. The van der Waals surface area contributed by atoms with E-state index in [1.807, 2.05) is 36.1 Å². The lowest BCUT2D eigenvalue weighted by molar-refractivity contribution is -0.126. The zero-order chi connectivity index (χ0) is 21.1. The smallest absolute Gasteiger partial charge is 0.324 e. The van der Waals surface area contributed by atoms with Gasteiger partial charge in [0.25, 0.3) is 0 Å². The van der Waals surface area contributed by atoms with Crippen molar-refractivity contribution < 1.29 is 18.7 Å². The number of anilines is 1. The molecule has 1 atom stereocenters. The Morgan fingerprint density at radius 1 is 1.10 bits per heavy atom. The molecule has 7 heteroatoms. The van der Waals surface area contributed by atoms with Crippen molar-refractivity contribution in [1.82, 2.24) is 10.2 Å². The van der Waals surface area contributed by atoms with Crippen LogP contribution in [0.1, 0.15) is 25.3 Å². The molecule has 0 aromatic heterocycles. The van der Waals surface area contributed by atoms with Crippen LogP contribution < -0.4 is 15.0 Å². The molecule has 1 unspecified atom stereocenters. The van der Waals surface area contributed by atoms with Crippen LogP contribution in [-0.4, -0.2) is 42.6 Å². The second kappa shape index (κ2) is 8.73. The van der Waals surface area contributed by atoms with Crippen molar-refractivity contribution in [2.24, 2.45) is 5.92 Å². The highest BCUT2D eigenvalue weighted by atomic mass is 19.1. The van der Waals surface area contributed by atoms with E-state index in [9.17, 15) is 14.0 Å². The summed E-state index contributed by atoms with van der Waals surface area (Å²) in [4.78, 5) is 29.2. The van der Waals surface area contributed by atoms with Crippen molar-refractivity contribution >= 4 is 17.6 Å². The Bertz CT molecular complexity index is 910. The Kier molecular flexibility index (Phi) is 5.88. The van der Waals surface area contributed by atoms with Gasteiger partial charge < -0.3 is 15.0 Å². The molecule has 2 aliphatic rings. The standard InChI is InChI=1S/C23H26FN3O3/c1-16-15-27(20-4-2-3-5-21(20)30-16)23(29)26-12-10-18(11-13-26)22(28)25-14-17-6-8-19(24)9-7-17/h2-9,16,18H,10-15H2,1H3,(H,25,28). The molecule has 6 nitrogen and oxygen atoms in total. The quantitative estimate of drug-likeness (QED) is 0.840. The minimum Gasteiger partial charge on any atom is -0.487 e. The second-order valence-corrected chi connectivity index (χ2v) is 7.89. The Balaban J connectivity index is 1.31. The molecule has 2 aromatic carbocycles. The number of rotatable bonds is 3. The number of urea groups is 1. The number of ether oxygens (including phenoxy) is 1. The summed E-state index contributed by atoms with van der Waals surface area (Å²) >= 11 is 0. The molecule has 4 rings (SSSR count). The number of carbonyl (C=O) groups is 2. The van der Waals surface area contributed by atoms with Crippen molar-refractivity contribution in [3.63, 3.8) is 0 Å². The van der Waals surface area contributed by atoms with Crippen molar-refractivity contribution in [1.29, 1.82) is 0 Å². The summed E-state index contributed by atoms with van der Waals surface area (Å²) in [6, 6.07) is 13.6. The lowest BCUT2D eigenvalue weighted by Crippen LogP contribution is -2.52. The third-order valence-electron chi connectivity index (χ3n) is 5.67. The molecule has 2 aromatic rings. The lowest BCUT2D eigenvalue weighted by Gasteiger charge is -2.39. The van der Waals surface area contributed by atoms with Gasteiger partial charge in [0.05, 0.1) is 12.2 Å². The van der Waals surface area contributed by atoms with Gasteiger partial charge in [-0.15, -0.1) is 0 Å². The van der Waals surface area contributed by atoms with Gasteiger partial charge in [-0.3, -0.25) is 9.69 Å². The number of para-hydroxylation sites is 2. The van der Waals surface area contributed by atoms with Gasteiger partial charge in [-0.2, -0.15) is 0 Å². The number of amides is 3. The predicted molar refractivity (Wildman–Crippen MR) is 112 cm³/mol. The van der Waals surface area contributed by atoms with Crippen LogP contribution >= 0.6 is 0 Å². The fraction of sp³-hybridized carbons (Fsp3) is 0.391. The van der Waals surface area contributed by atoms with Gasteiger partial charge in [-0.05, 0) is 49.6 Å². The van der Waals surface area contributed by atoms with Gasteiger partial charge in [0.1, 0.15) is 17.7 Å². The van der Waals surface area contributed by atoms with Gasteiger partial charge in [0.15, 0.2) is 0 Å². The molecule has 0 spiro atoms. The van der Waals surface area contributed by atoms with E-state index in [0.29, 0.717) is 39.0 Å². The molecule has 0 bridgehead atoms. The monoisotopic (exact) mass is 411 g/mol. The zero-order valence-corrected chi connectivity index (χ0v) is 17.0. The number of halogens is 1. The minimum atomic E-state index is -0.292. The van der Waals surface area contributed by atoms with Crippen LogP contribution in [0.15, 0.2) is 48.5 Å². The summed E-state index contributed by atoms with van der Waals surface area (Å²) in [5, 5.41) is 2.92. The number of nitrogens with one attached hydrogen (secondary N) is 1. The molecule has 2 heterocycles. The summed E-state index contributed by atoms with van der Waals surface area (Å²) in [6.07, 6.45) is 1.18. The number of fused-ring (bicyclic) bond motifs is 1. The molecule has 30 heavy (non-hydrogen) atoms. The molecule has 2 aliphatic heterocycles. The Morgan fingerprint density at radius 2 is 1.80 bits per heavy atom. The summed E-state index contributed by atoms with van der Waals surface area (Å²) < 4.78 is 18.8. The molecule has 0 aliphatic carbocycles. The van der Waals surface area contributed by atoms with E-state index >= 15 is 0 Å². The van der Waals surface area contributed by atoms with E-state index in [1.54, 1.807) is 17.0 Å². The van der Waals surface area contributed by atoms with Crippen LogP contribution in [0, 0.1) is 11.7 Å². The topological polar surface area (TPSA) is 61.9 Å². The summed E-state index contributed by atoms with van der Waals surface area (Å²) in [5.74, 6) is 0.293. The average Bonchev–Trinajstić information content (AvgIpc) is 2.77. The summed E-state index contributed by atoms with van der Waals surface area (Å²) in [7, 11) is 0. The molecule has 1 N–H and O–H groups in total. The lowest BCUT2D eigenvalue weighted by atomic mass is 9.96. The highest BCUT2D eigenvalue weighted by molar-refractivity contribution is 5.94. The fourth-order valence-electron chi connectivity index (χ4n) is 4.01. The van der Waals surface area contributed by atoms with Crippen LogP contribution in [0.2, 0.25) is 0 Å². The van der Waals surface area contributed by atoms with Crippen molar-refractivity contribution in [2.45, 2.75) is 32.4 Å². The number of hydrogen-bond acceptors (Lipinski definition) is 3. The van der Waals surface area contributed by atoms with Gasteiger partial charge in [-0.1, -0.05) is 24.3 Å². The Morgan fingerprint density at radius 3 is 2.53 bits per heavy atom. The van der Waals surface area contributed by atoms with Crippen molar-refractivity contribution in [3.05, 3.63) is 59.9 Å². The van der Waals surface area contributed by atoms with E-state index in [-0.39, 0.29) is 29.8 Å². The number of carbonyl (C=O) groups excluding carboxylic acids is 2. The first-order chi connectivity index (χ1) is 14.5. The molecule has 0 radical (unpaired) electrons. The van der Waals surface area contributed by atoms with Crippen LogP contribution in [0.3, 0.4) is 0 Å². The zero-order valence-electron chi connectivity index (χ0n) is 17.0. The highest BCUT2D eigenvalue weighted by Crippen LogP contribution is 2.34. The van der Waals surface area contributed by atoms with Crippen LogP contribution in [-0.2, 0) is 11.3 Å². The Hall–Kier alpha value is -3.09. The molecule has 3 amide bonds. The van der Waals surface area contributed by atoms with Gasteiger partial charge in [-0.25, -0.2) is 9.18 Å². The number of piperidine rings is 1. The molecule has 1 saturated heterocycles. The van der Waals surface area contributed by atoms with E-state index in [0.717, 1.165) is 17.0 Å². The average molecular weight is 411 g/mol. The summed E-state index contributed by atoms with van der Waals surface area (Å²) in [6.45, 7) is 3.92. The molecular formula is C23H26FN3O3. The van der Waals surface area contributed by atoms with Gasteiger partial charge in [0, 0.05) is 25.6 Å². The first-order valence-electron chi connectivity index (χ1n) is 10.4. The predicted octanol–water partition coefficient (Wildman–Crippen LogP) is 3.56. The maximum Gasteiger partial charge on any atom is 0.324 e. The van der Waals surface area contributed by atoms with E-state index in [1.165, 1.54) is 12.1 Å². The summed E-state index contributed by atoms with van der Waals surface area (Å²) in [5.41, 5.74) is 1.65.